The molecule has 1 amide bonds. The van der Waals surface area contributed by atoms with Gasteiger partial charge in [-0.15, -0.1) is 0 Å². The lowest BCUT2D eigenvalue weighted by Crippen LogP contribution is -2.45. The first-order chi connectivity index (χ1) is 15.9. The van der Waals surface area contributed by atoms with E-state index in [0.717, 1.165) is 45.2 Å². The number of benzene rings is 1. The average Bonchev–Trinajstić information content (AvgIpc) is 2.80. The summed E-state index contributed by atoms with van der Waals surface area (Å²) in [5.74, 6) is 0.713. The second-order valence-electron chi connectivity index (χ2n) is 10.6. The highest BCUT2D eigenvalue weighted by molar-refractivity contribution is 5.87. The Morgan fingerprint density at radius 3 is 2.39 bits per heavy atom. The van der Waals surface area contributed by atoms with E-state index in [1.54, 1.807) is 0 Å². The van der Waals surface area contributed by atoms with Crippen molar-refractivity contribution in [2.45, 2.75) is 96.4 Å². The van der Waals surface area contributed by atoms with Gasteiger partial charge in [0.25, 0.3) is 0 Å². The first-order valence-electron chi connectivity index (χ1n) is 12.7. The van der Waals surface area contributed by atoms with Crippen molar-refractivity contribution in [2.75, 3.05) is 11.4 Å². The molecule has 0 spiro atoms. The fourth-order valence-electron chi connectivity index (χ4n) is 5.19. The molecule has 2 heterocycles. The molecule has 33 heavy (non-hydrogen) atoms. The molecule has 1 aromatic carbocycles. The Kier molecular flexibility index (Phi) is 7.69. The number of piperidine rings is 1. The molecule has 1 aromatic heterocycles. The van der Waals surface area contributed by atoms with E-state index in [1.165, 1.54) is 30.4 Å². The number of likely N-dealkylation sites (tertiary alicyclic amines) is 1. The number of hydrogen-bond donors (Lipinski definition) is 0. The van der Waals surface area contributed by atoms with Gasteiger partial charge in [-0.2, -0.15) is 0 Å². The van der Waals surface area contributed by atoms with Crippen molar-refractivity contribution in [3.63, 3.8) is 0 Å². The molecule has 178 valence electrons. The van der Waals surface area contributed by atoms with Crippen LogP contribution in [0.1, 0.15) is 89.3 Å². The zero-order valence-electron chi connectivity index (χ0n) is 20.5. The number of rotatable bonds is 5. The summed E-state index contributed by atoms with van der Waals surface area (Å²) in [7, 11) is 0. The van der Waals surface area contributed by atoms with Gasteiger partial charge >= 0.3 is 6.09 Å². The SMILES string of the molecule is CC(C)(C)OC(=O)N(c1ccc([C@H]2CCCCN2Cc2ccccc2)cn1)C1CCCCC1. The van der Waals surface area contributed by atoms with Crippen molar-refractivity contribution in [1.29, 1.82) is 0 Å². The van der Waals surface area contributed by atoms with Gasteiger partial charge in [0.1, 0.15) is 11.4 Å². The molecule has 0 radical (unpaired) electrons. The molecule has 0 N–H and O–H groups in total. The Balaban J connectivity index is 1.54. The van der Waals surface area contributed by atoms with E-state index in [1.807, 2.05) is 37.9 Å². The lowest BCUT2D eigenvalue weighted by atomic mass is 9.94. The predicted octanol–water partition coefficient (Wildman–Crippen LogP) is 6.88. The summed E-state index contributed by atoms with van der Waals surface area (Å²) < 4.78 is 5.78. The summed E-state index contributed by atoms with van der Waals surface area (Å²) in [6.45, 7) is 7.83. The molecule has 1 aliphatic carbocycles. The van der Waals surface area contributed by atoms with Crippen LogP contribution in [0.15, 0.2) is 48.7 Å². The summed E-state index contributed by atoms with van der Waals surface area (Å²) in [5, 5.41) is 0. The van der Waals surface area contributed by atoms with E-state index in [0.29, 0.717) is 11.9 Å². The van der Waals surface area contributed by atoms with Crippen LogP contribution in [0.5, 0.6) is 0 Å². The van der Waals surface area contributed by atoms with E-state index in [2.05, 4.69) is 41.3 Å². The van der Waals surface area contributed by atoms with Gasteiger partial charge in [0.2, 0.25) is 0 Å². The van der Waals surface area contributed by atoms with Crippen molar-refractivity contribution in [3.8, 4) is 0 Å². The normalized spacial score (nSPS) is 20.4. The lowest BCUT2D eigenvalue weighted by molar-refractivity contribution is 0.0556. The molecule has 1 saturated heterocycles. The number of carbonyl (C=O) groups excluding carboxylic acids is 1. The van der Waals surface area contributed by atoms with Gasteiger partial charge in [0.05, 0.1) is 0 Å². The van der Waals surface area contributed by atoms with E-state index in [9.17, 15) is 4.79 Å². The van der Waals surface area contributed by atoms with Crippen LogP contribution in [0.3, 0.4) is 0 Å². The van der Waals surface area contributed by atoms with Gasteiger partial charge in [-0.3, -0.25) is 9.80 Å². The van der Waals surface area contributed by atoms with Crippen molar-refractivity contribution in [1.82, 2.24) is 9.88 Å². The van der Waals surface area contributed by atoms with Gasteiger partial charge in [-0.25, -0.2) is 9.78 Å². The largest absolute Gasteiger partial charge is 0.443 e. The van der Waals surface area contributed by atoms with Gasteiger partial charge in [0, 0.05) is 24.8 Å². The standard InChI is InChI=1S/C28H39N3O2/c1-28(2,3)33-27(32)31(24-14-8-5-9-15-24)26-18-17-23(20-29-26)25-16-10-11-19-30(25)21-22-12-6-4-7-13-22/h4,6-7,12-13,17-18,20,24-25H,5,8-11,14-16,19,21H2,1-3H3/t25-/m1/s1. The Morgan fingerprint density at radius 2 is 1.73 bits per heavy atom. The van der Waals surface area contributed by atoms with E-state index >= 15 is 0 Å². The predicted molar refractivity (Wildman–Crippen MR) is 133 cm³/mol. The van der Waals surface area contributed by atoms with Crippen LogP contribution >= 0.6 is 0 Å². The zero-order chi connectivity index (χ0) is 23.3. The third kappa shape index (κ3) is 6.35. The van der Waals surface area contributed by atoms with Crippen LogP contribution in [0.4, 0.5) is 10.6 Å². The monoisotopic (exact) mass is 449 g/mol. The Bertz CT molecular complexity index is 886. The van der Waals surface area contributed by atoms with Crippen LogP contribution in [-0.4, -0.2) is 34.2 Å². The molecule has 4 rings (SSSR count). The number of hydrogen-bond acceptors (Lipinski definition) is 4. The van der Waals surface area contributed by atoms with Crippen molar-refractivity contribution in [2.24, 2.45) is 0 Å². The summed E-state index contributed by atoms with van der Waals surface area (Å²) in [6.07, 6.45) is 10.9. The number of anilines is 1. The second-order valence-corrected chi connectivity index (χ2v) is 10.6. The first kappa shape index (κ1) is 23.7. The third-order valence-electron chi connectivity index (χ3n) is 6.77. The molecule has 5 heteroatoms. The number of pyridine rings is 1. The highest BCUT2D eigenvalue weighted by Crippen LogP contribution is 2.34. The average molecular weight is 450 g/mol. The van der Waals surface area contributed by atoms with Crippen molar-refractivity contribution < 1.29 is 9.53 Å². The van der Waals surface area contributed by atoms with Crippen LogP contribution in [0.2, 0.25) is 0 Å². The van der Waals surface area contributed by atoms with Gasteiger partial charge in [-0.1, -0.05) is 62.1 Å². The highest BCUT2D eigenvalue weighted by atomic mass is 16.6. The first-order valence-corrected chi connectivity index (χ1v) is 12.7. The number of ether oxygens (including phenoxy) is 1. The number of carbonyl (C=O) groups is 1. The van der Waals surface area contributed by atoms with Crippen LogP contribution in [0, 0.1) is 0 Å². The third-order valence-corrected chi connectivity index (χ3v) is 6.77. The van der Waals surface area contributed by atoms with Crippen molar-refractivity contribution >= 4 is 11.9 Å². The lowest BCUT2D eigenvalue weighted by Gasteiger charge is -2.37. The summed E-state index contributed by atoms with van der Waals surface area (Å²) in [5.41, 5.74) is 2.06. The number of nitrogens with zero attached hydrogens (tertiary/aromatic N) is 3. The van der Waals surface area contributed by atoms with E-state index in [-0.39, 0.29) is 12.1 Å². The van der Waals surface area contributed by atoms with Crippen LogP contribution in [0.25, 0.3) is 0 Å². The molecule has 0 bridgehead atoms. The topological polar surface area (TPSA) is 45.7 Å². The minimum Gasteiger partial charge on any atom is -0.443 e. The maximum absolute atomic E-state index is 13.2. The van der Waals surface area contributed by atoms with Crippen LogP contribution < -0.4 is 4.90 Å². The summed E-state index contributed by atoms with van der Waals surface area (Å²) >= 11 is 0. The summed E-state index contributed by atoms with van der Waals surface area (Å²) in [6, 6.07) is 15.4. The zero-order valence-corrected chi connectivity index (χ0v) is 20.5. The number of amides is 1. The molecule has 1 saturated carbocycles. The number of aromatic nitrogens is 1. The molecule has 0 unspecified atom stereocenters. The molecule has 5 nitrogen and oxygen atoms in total. The van der Waals surface area contributed by atoms with E-state index in [4.69, 9.17) is 9.72 Å². The Morgan fingerprint density at radius 1 is 1.00 bits per heavy atom. The van der Waals surface area contributed by atoms with Crippen LogP contribution in [-0.2, 0) is 11.3 Å². The molecule has 2 fully saturated rings. The maximum Gasteiger partial charge on any atom is 0.416 e. The quantitative estimate of drug-likeness (QED) is 0.499. The van der Waals surface area contributed by atoms with Gasteiger partial charge in [0.15, 0.2) is 0 Å². The second kappa shape index (κ2) is 10.7. The van der Waals surface area contributed by atoms with Gasteiger partial charge in [-0.05, 0) is 70.2 Å². The fraction of sp³-hybridized carbons (Fsp3) is 0.571. The Labute approximate surface area is 199 Å². The van der Waals surface area contributed by atoms with Gasteiger partial charge < -0.3 is 4.74 Å². The maximum atomic E-state index is 13.2. The molecular weight excluding hydrogens is 410 g/mol. The smallest absolute Gasteiger partial charge is 0.416 e. The highest BCUT2D eigenvalue weighted by Gasteiger charge is 2.32. The molecule has 2 aliphatic rings. The van der Waals surface area contributed by atoms with E-state index < -0.39 is 5.60 Å². The molecule has 2 aromatic rings. The summed E-state index contributed by atoms with van der Waals surface area (Å²) in [4.78, 5) is 22.4. The fourth-order valence-corrected chi connectivity index (χ4v) is 5.19. The Hall–Kier alpha value is -2.40. The molecule has 1 atom stereocenters. The minimum absolute atomic E-state index is 0.163. The molecular formula is C28H39N3O2. The van der Waals surface area contributed by atoms with Crippen molar-refractivity contribution in [3.05, 3.63) is 59.8 Å². The molecule has 1 aliphatic heterocycles. The minimum atomic E-state index is -0.524.